The monoisotopic (exact) mass is 460 g/mol. The van der Waals surface area contributed by atoms with Crippen LogP contribution in [0.1, 0.15) is 15.9 Å². The van der Waals surface area contributed by atoms with Crippen LogP contribution >= 0.6 is 15.9 Å². The van der Waals surface area contributed by atoms with E-state index in [4.69, 9.17) is 0 Å². The van der Waals surface area contributed by atoms with Gasteiger partial charge in [0, 0.05) is 15.7 Å². The fourth-order valence-electron chi connectivity index (χ4n) is 3.12. The van der Waals surface area contributed by atoms with Gasteiger partial charge in [0.25, 0.3) is 0 Å². The van der Waals surface area contributed by atoms with E-state index in [9.17, 15) is 23.1 Å². The van der Waals surface area contributed by atoms with Gasteiger partial charge >= 0.3 is 12.1 Å². The number of halogens is 4. The Balaban J connectivity index is 2.05. The maximum absolute atomic E-state index is 13.2. The summed E-state index contributed by atoms with van der Waals surface area (Å²) >= 11 is 3.45. The largest absolute Gasteiger partial charge is 0.478 e. The first-order valence-electron chi connectivity index (χ1n) is 8.44. The quantitative estimate of drug-likeness (QED) is 0.397. The van der Waals surface area contributed by atoms with Crippen molar-refractivity contribution in [2.75, 3.05) is 0 Å². The third-order valence-corrected chi connectivity index (χ3v) is 5.14. The topological polar surface area (TPSA) is 55.1 Å². The highest BCUT2D eigenvalue weighted by Gasteiger charge is 2.31. The van der Waals surface area contributed by atoms with Crippen molar-refractivity contribution in [1.29, 1.82) is 0 Å². The Morgan fingerprint density at radius 3 is 2.45 bits per heavy atom. The summed E-state index contributed by atoms with van der Waals surface area (Å²) in [6, 6.07) is 16.7. The predicted octanol–water partition coefficient (Wildman–Crippen LogP) is 6.17. The SMILES string of the molecule is O=C(O)c1cccc(-n2c(-c3ccccc3Br)nc3cc(C(F)(F)F)ccc32)c1. The molecule has 0 unspecified atom stereocenters. The Hall–Kier alpha value is -3.13. The first-order valence-corrected chi connectivity index (χ1v) is 9.23. The molecule has 0 atom stereocenters. The van der Waals surface area contributed by atoms with Gasteiger partial charge in [-0.3, -0.25) is 4.57 Å². The molecule has 0 aliphatic rings. The van der Waals surface area contributed by atoms with Crippen LogP contribution in [-0.4, -0.2) is 20.6 Å². The first-order chi connectivity index (χ1) is 13.8. The minimum Gasteiger partial charge on any atom is -0.478 e. The molecule has 1 aromatic heterocycles. The van der Waals surface area contributed by atoms with Crippen LogP contribution in [0.5, 0.6) is 0 Å². The average Bonchev–Trinajstić information content (AvgIpc) is 3.06. The Morgan fingerprint density at radius 2 is 1.76 bits per heavy atom. The van der Waals surface area contributed by atoms with Crippen molar-refractivity contribution in [3.8, 4) is 17.1 Å². The second-order valence-electron chi connectivity index (χ2n) is 6.31. The van der Waals surface area contributed by atoms with Gasteiger partial charge in [0.15, 0.2) is 0 Å². The van der Waals surface area contributed by atoms with Crippen LogP contribution in [0, 0.1) is 0 Å². The number of aromatic carboxylic acids is 1. The number of carboxylic acid groups (broad SMARTS) is 1. The number of rotatable bonds is 3. The van der Waals surface area contributed by atoms with E-state index >= 15 is 0 Å². The molecule has 4 rings (SSSR count). The maximum atomic E-state index is 13.2. The summed E-state index contributed by atoms with van der Waals surface area (Å²) in [4.78, 5) is 15.8. The molecule has 0 saturated heterocycles. The van der Waals surface area contributed by atoms with E-state index in [-0.39, 0.29) is 11.1 Å². The lowest BCUT2D eigenvalue weighted by Gasteiger charge is -2.12. The number of benzene rings is 3. The molecule has 146 valence electrons. The number of alkyl halides is 3. The Kier molecular flexibility index (Phi) is 4.66. The van der Waals surface area contributed by atoms with Gasteiger partial charge in [-0.15, -0.1) is 0 Å². The zero-order valence-electron chi connectivity index (χ0n) is 14.6. The highest BCUT2D eigenvalue weighted by Crippen LogP contribution is 2.36. The summed E-state index contributed by atoms with van der Waals surface area (Å²) in [5, 5.41) is 9.32. The lowest BCUT2D eigenvalue weighted by Crippen LogP contribution is -2.04. The van der Waals surface area contributed by atoms with Gasteiger partial charge in [0.05, 0.1) is 22.2 Å². The lowest BCUT2D eigenvalue weighted by atomic mass is 10.1. The molecule has 4 nitrogen and oxygen atoms in total. The second-order valence-corrected chi connectivity index (χ2v) is 7.16. The van der Waals surface area contributed by atoms with Gasteiger partial charge in [0.1, 0.15) is 5.82 Å². The molecule has 0 aliphatic carbocycles. The van der Waals surface area contributed by atoms with Crippen LogP contribution in [0.25, 0.3) is 28.1 Å². The van der Waals surface area contributed by atoms with E-state index in [0.717, 1.165) is 12.1 Å². The number of carbonyl (C=O) groups is 1. The van der Waals surface area contributed by atoms with E-state index in [0.29, 0.717) is 27.1 Å². The molecule has 1 heterocycles. The smallest absolute Gasteiger partial charge is 0.416 e. The second kappa shape index (κ2) is 7.04. The summed E-state index contributed by atoms with van der Waals surface area (Å²) in [6.45, 7) is 0. The normalized spacial score (nSPS) is 11.7. The summed E-state index contributed by atoms with van der Waals surface area (Å²) < 4.78 is 41.9. The fraction of sp³-hybridized carbons (Fsp3) is 0.0476. The highest BCUT2D eigenvalue weighted by atomic mass is 79.9. The molecule has 0 radical (unpaired) electrons. The molecule has 4 aromatic rings. The van der Waals surface area contributed by atoms with Crippen molar-refractivity contribution in [2.45, 2.75) is 6.18 Å². The van der Waals surface area contributed by atoms with Crippen molar-refractivity contribution in [3.63, 3.8) is 0 Å². The Labute approximate surface area is 171 Å². The van der Waals surface area contributed by atoms with Crippen molar-refractivity contribution in [1.82, 2.24) is 9.55 Å². The molecule has 0 fully saturated rings. The van der Waals surface area contributed by atoms with Crippen molar-refractivity contribution < 1.29 is 23.1 Å². The number of hydrogen-bond acceptors (Lipinski definition) is 2. The number of imidazole rings is 1. The van der Waals surface area contributed by atoms with Gasteiger partial charge in [-0.1, -0.05) is 40.2 Å². The minimum absolute atomic E-state index is 0.0642. The molecule has 3 aromatic carbocycles. The number of nitrogens with zero attached hydrogens (tertiary/aromatic N) is 2. The van der Waals surface area contributed by atoms with Crippen LogP contribution < -0.4 is 0 Å². The third-order valence-electron chi connectivity index (χ3n) is 4.45. The van der Waals surface area contributed by atoms with E-state index < -0.39 is 17.7 Å². The van der Waals surface area contributed by atoms with Crippen LogP contribution in [0.2, 0.25) is 0 Å². The summed E-state index contributed by atoms with van der Waals surface area (Å²) in [6.07, 6.45) is -4.49. The maximum Gasteiger partial charge on any atom is 0.416 e. The summed E-state index contributed by atoms with van der Waals surface area (Å²) in [7, 11) is 0. The molecule has 0 amide bonds. The van der Waals surface area contributed by atoms with Crippen LogP contribution in [-0.2, 0) is 6.18 Å². The van der Waals surface area contributed by atoms with Crippen LogP contribution in [0.15, 0.2) is 71.2 Å². The molecular weight excluding hydrogens is 449 g/mol. The molecule has 0 aliphatic heterocycles. The van der Waals surface area contributed by atoms with Gasteiger partial charge < -0.3 is 5.11 Å². The van der Waals surface area contributed by atoms with Crippen molar-refractivity contribution in [3.05, 3.63) is 82.3 Å². The predicted molar refractivity (Wildman–Crippen MR) is 106 cm³/mol. The lowest BCUT2D eigenvalue weighted by molar-refractivity contribution is -0.137. The van der Waals surface area contributed by atoms with E-state index in [1.165, 1.54) is 18.2 Å². The van der Waals surface area contributed by atoms with E-state index in [2.05, 4.69) is 20.9 Å². The van der Waals surface area contributed by atoms with E-state index in [1.807, 2.05) is 6.07 Å². The molecular formula is C21H12BrF3N2O2. The van der Waals surface area contributed by atoms with E-state index in [1.54, 1.807) is 34.9 Å². The molecule has 0 spiro atoms. The molecule has 29 heavy (non-hydrogen) atoms. The Morgan fingerprint density at radius 1 is 1.00 bits per heavy atom. The standard InChI is InChI=1S/C21H12BrF3N2O2/c22-16-7-2-1-6-15(16)19-26-17-11-13(21(23,24)25)8-9-18(17)27(19)14-5-3-4-12(10-14)20(28)29/h1-11H,(H,28,29). The molecule has 8 heteroatoms. The number of aromatic nitrogens is 2. The number of hydrogen-bond donors (Lipinski definition) is 1. The zero-order valence-corrected chi connectivity index (χ0v) is 16.2. The number of fused-ring (bicyclic) bond motifs is 1. The summed E-state index contributed by atoms with van der Waals surface area (Å²) in [5.74, 6) is -0.701. The number of carboxylic acids is 1. The van der Waals surface area contributed by atoms with Gasteiger partial charge in [-0.05, 0) is 42.5 Å². The van der Waals surface area contributed by atoms with Gasteiger partial charge in [0.2, 0.25) is 0 Å². The van der Waals surface area contributed by atoms with Gasteiger partial charge in [-0.25, -0.2) is 9.78 Å². The van der Waals surface area contributed by atoms with Crippen LogP contribution in [0.4, 0.5) is 13.2 Å². The van der Waals surface area contributed by atoms with Crippen molar-refractivity contribution in [2.24, 2.45) is 0 Å². The third kappa shape index (κ3) is 3.51. The minimum atomic E-state index is -4.49. The average molecular weight is 461 g/mol. The zero-order chi connectivity index (χ0) is 20.8. The van der Waals surface area contributed by atoms with Crippen molar-refractivity contribution >= 4 is 32.9 Å². The Bertz CT molecular complexity index is 1250. The fourth-order valence-corrected chi connectivity index (χ4v) is 3.58. The first kappa shape index (κ1) is 19.2. The summed E-state index contributed by atoms with van der Waals surface area (Å²) in [5.41, 5.74) is 1.01. The van der Waals surface area contributed by atoms with Crippen LogP contribution in [0.3, 0.4) is 0 Å². The molecule has 1 N–H and O–H groups in total. The molecule has 0 saturated carbocycles. The van der Waals surface area contributed by atoms with Gasteiger partial charge in [-0.2, -0.15) is 13.2 Å². The highest BCUT2D eigenvalue weighted by molar-refractivity contribution is 9.10. The molecule has 0 bridgehead atoms.